The van der Waals surface area contributed by atoms with Crippen molar-refractivity contribution in [1.29, 1.82) is 0 Å². The summed E-state index contributed by atoms with van der Waals surface area (Å²) in [5.74, 6) is -0.622. The number of amides is 1. The second-order valence-electron chi connectivity index (χ2n) is 11.1. The Bertz CT molecular complexity index is 1480. The van der Waals surface area contributed by atoms with Gasteiger partial charge < -0.3 is 25.1 Å². The number of carbonyl (C=O) groups excluding carboxylic acids is 1. The zero-order valence-corrected chi connectivity index (χ0v) is 23.2. The second-order valence-corrected chi connectivity index (χ2v) is 16.7. The fourth-order valence-corrected chi connectivity index (χ4v) is 5.38. The summed E-state index contributed by atoms with van der Waals surface area (Å²) in [6.07, 6.45) is 3.99. The number of hydrogen-bond donors (Lipinski definition) is 2. The molecule has 0 aliphatic carbocycles. The highest BCUT2D eigenvalue weighted by Gasteiger charge is 2.25. The molecule has 3 aromatic heterocycles. The lowest BCUT2D eigenvalue weighted by Crippen LogP contribution is -2.47. The third kappa shape index (κ3) is 5.63. The van der Waals surface area contributed by atoms with E-state index in [4.69, 9.17) is 20.2 Å². The predicted molar refractivity (Wildman–Crippen MR) is 146 cm³/mol. The van der Waals surface area contributed by atoms with Crippen molar-refractivity contribution in [2.24, 2.45) is 12.8 Å². The van der Waals surface area contributed by atoms with Gasteiger partial charge >= 0.3 is 0 Å². The van der Waals surface area contributed by atoms with Gasteiger partial charge in [0.15, 0.2) is 5.65 Å². The molecule has 0 unspecified atom stereocenters. The second kappa shape index (κ2) is 10.5. The molecule has 4 aromatic rings. The molecule has 1 aromatic carbocycles. The number of aromatic nitrogens is 5. The Kier molecular flexibility index (Phi) is 7.31. The van der Waals surface area contributed by atoms with E-state index >= 15 is 0 Å². The molecular weight excluding hydrogens is 505 g/mol. The lowest BCUT2D eigenvalue weighted by molar-refractivity contribution is 0.0522. The van der Waals surface area contributed by atoms with Gasteiger partial charge in [0, 0.05) is 39.4 Å². The van der Waals surface area contributed by atoms with Crippen LogP contribution in [0.4, 0.5) is 4.39 Å². The van der Waals surface area contributed by atoms with Crippen molar-refractivity contribution >= 4 is 36.0 Å². The lowest BCUT2D eigenvalue weighted by atomic mass is 10.1. The molecule has 3 N–H and O–H groups in total. The van der Waals surface area contributed by atoms with Crippen LogP contribution in [0, 0.1) is 5.82 Å². The van der Waals surface area contributed by atoms with Crippen molar-refractivity contribution in [1.82, 2.24) is 29.6 Å². The van der Waals surface area contributed by atoms with Crippen molar-refractivity contribution in [3.8, 4) is 11.4 Å². The predicted octanol–water partition coefficient (Wildman–Crippen LogP) is 3.28. The number of rotatable bonds is 8. The fraction of sp³-hybridized carbons (Fsp3) is 0.462. The average molecular weight is 540 g/mol. The Morgan fingerprint density at radius 3 is 2.89 bits per heavy atom. The van der Waals surface area contributed by atoms with Crippen LogP contribution in [0.2, 0.25) is 25.7 Å². The minimum Gasteiger partial charge on any atom is -0.378 e. The highest BCUT2D eigenvalue weighted by Crippen LogP contribution is 2.29. The van der Waals surface area contributed by atoms with Crippen molar-refractivity contribution in [3.63, 3.8) is 0 Å². The summed E-state index contributed by atoms with van der Waals surface area (Å²) < 4.78 is 28.7. The van der Waals surface area contributed by atoms with Crippen LogP contribution in [0.3, 0.4) is 0 Å². The summed E-state index contributed by atoms with van der Waals surface area (Å²) in [5.41, 5.74) is 9.08. The maximum Gasteiger partial charge on any atom is 0.255 e. The first-order chi connectivity index (χ1) is 18.1. The number of nitrogens with two attached hydrogens (primary N) is 1. The molecule has 1 aliphatic rings. The first kappa shape index (κ1) is 26.4. The number of ether oxygens (including phenoxy) is 2. The van der Waals surface area contributed by atoms with Crippen molar-refractivity contribution in [3.05, 3.63) is 42.0 Å². The Balaban J connectivity index is 1.51. The third-order valence-electron chi connectivity index (χ3n) is 6.67. The molecule has 10 nitrogen and oxygen atoms in total. The molecule has 0 bridgehead atoms. The van der Waals surface area contributed by atoms with Gasteiger partial charge in [-0.15, -0.1) is 0 Å². The van der Waals surface area contributed by atoms with Crippen LogP contribution >= 0.6 is 0 Å². The zero-order chi connectivity index (χ0) is 27.0. The molecule has 1 fully saturated rings. The quantitative estimate of drug-likeness (QED) is 0.260. The molecule has 4 heterocycles. The molecule has 12 heteroatoms. The Morgan fingerprint density at radius 1 is 1.32 bits per heavy atom. The van der Waals surface area contributed by atoms with Gasteiger partial charge in [0.25, 0.3) is 5.91 Å². The van der Waals surface area contributed by atoms with E-state index in [0.717, 1.165) is 11.4 Å². The van der Waals surface area contributed by atoms with Gasteiger partial charge in [0.2, 0.25) is 0 Å². The largest absolute Gasteiger partial charge is 0.378 e. The number of hydrogen-bond acceptors (Lipinski definition) is 7. The number of carbonyl (C=O) groups is 1. The van der Waals surface area contributed by atoms with Crippen LogP contribution in [0.1, 0.15) is 16.8 Å². The third-order valence-corrected chi connectivity index (χ3v) is 8.37. The summed E-state index contributed by atoms with van der Waals surface area (Å²) in [6.45, 7) is 8.68. The summed E-state index contributed by atoms with van der Waals surface area (Å²) in [6, 6.07) is 5.22. The molecule has 38 heavy (non-hydrogen) atoms. The van der Waals surface area contributed by atoms with Gasteiger partial charge in [-0.1, -0.05) is 19.6 Å². The summed E-state index contributed by atoms with van der Waals surface area (Å²) >= 11 is 0. The van der Waals surface area contributed by atoms with Crippen LogP contribution in [-0.4, -0.2) is 70.2 Å². The number of halogens is 1. The van der Waals surface area contributed by atoms with Crippen molar-refractivity contribution in [2.75, 3.05) is 19.8 Å². The van der Waals surface area contributed by atoms with Crippen LogP contribution in [0.15, 0.2) is 30.6 Å². The molecule has 0 saturated carbocycles. The molecule has 2 atom stereocenters. The Labute approximate surface area is 221 Å². The monoisotopic (exact) mass is 539 g/mol. The molecule has 202 valence electrons. The van der Waals surface area contributed by atoms with E-state index in [9.17, 15) is 9.18 Å². The van der Waals surface area contributed by atoms with Crippen LogP contribution in [0.5, 0.6) is 0 Å². The van der Waals surface area contributed by atoms with Gasteiger partial charge in [0.1, 0.15) is 29.5 Å². The van der Waals surface area contributed by atoms with Crippen LogP contribution in [-0.2, 0) is 23.3 Å². The van der Waals surface area contributed by atoms with Crippen molar-refractivity contribution in [2.45, 2.75) is 50.9 Å². The number of benzene rings is 1. The van der Waals surface area contributed by atoms with E-state index in [1.807, 2.05) is 0 Å². The lowest BCUT2D eigenvalue weighted by Gasteiger charge is -2.27. The summed E-state index contributed by atoms with van der Waals surface area (Å²) in [7, 11) is 0.509. The van der Waals surface area contributed by atoms with Crippen molar-refractivity contribution < 1.29 is 18.7 Å². The highest BCUT2D eigenvalue weighted by atomic mass is 28.3. The average Bonchev–Trinajstić information content (AvgIpc) is 3.38. The first-order valence-electron chi connectivity index (χ1n) is 12.8. The molecule has 1 amide bonds. The maximum absolute atomic E-state index is 13.8. The molecular formula is C26H34FN7O3Si. The van der Waals surface area contributed by atoms with Crippen LogP contribution < -0.4 is 11.1 Å². The maximum atomic E-state index is 13.8. The van der Waals surface area contributed by atoms with E-state index in [0.29, 0.717) is 59.9 Å². The minimum atomic E-state index is -1.24. The van der Waals surface area contributed by atoms with Gasteiger partial charge in [-0.2, -0.15) is 5.10 Å². The van der Waals surface area contributed by atoms with Crippen LogP contribution in [0.25, 0.3) is 33.5 Å². The molecule has 5 rings (SSSR count). The number of nitrogens with zero attached hydrogens (tertiary/aromatic N) is 5. The van der Waals surface area contributed by atoms with E-state index in [2.05, 4.69) is 35.0 Å². The van der Waals surface area contributed by atoms with Gasteiger partial charge in [-0.25, -0.2) is 14.4 Å². The smallest absolute Gasteiger partial charge is 0.255 e. The van der Waals surface area contributed by atoms with E-state index in [1.54, 1.807) is 34.8 Å². The standard InChI is InChI=1S/C26H34FN7O3Si/c1-33-22-9-16(27)5-6-19(22)23(32-33)21-11-29-25-24(31-21)20(12-34(25)15-36-7-8-38(2,3)4)26(35)30-18-10-17(28)13-37-14-18/h5-6,9,11-12,17-18H,7-8,10,13-15,28H2,1-4H3,(H,30,35)/t17-,18+/m0/s1. The molecule has 1 saturated heterocycles. The number of nitrogens with one attached hydrogen (secondary N) is 1. The van der Waals surface area contributed by atoms with Gasteiger partial charge in [0.05, 0.1) is 36.5 Å². The fourth-order valence-electron chi connectivity index (χ4n) is 4.62. The Morgan fingerprint density at radius 2 is 2.13 bits per heavy atom. The number of fused-ring (bicyclic) bond motifs is 2. The molecule has 1 aliphatic heterocycles. The number of aryl methyl sites for hydroxylation is 1. The minimum absolute atomic E-state index is 0.121. The SMILES string of the molecule is Cn1nc(-c2cnc3c(n2)c(C(=O)N[C@H]2COC[C@@H](N)C2)cn3COCC[Si](C)(C)C)c2ccc(F)cc21. The Hall–Kier alpha value is -3.19. The summed E-state index contributed by atoms with van der Waals surface area (Å²) in [5, 5.41) is 8.35. The summed E-state index contributed by atoms with van der Waals surface area (Å²) in [4.78, 5) is 22.9. The van der Waals surface area contributed by atoms with Gasteiger partial charge in [-0.3, -0.25) is 9.48 Å². The zero-order valence-electron chi connectivity index (χ0n) is 22.2. The highest BCUT2D eigenvalue weighted by molar-refractivity contribution is 6.76. The topological polar surface area (TPSA) is 122 Å². The molecule has 0 radical (unpaired) electrons. The first-order valence-corrected chi connectivity index (χ1v) is 16.5. The van der Waals surface area contributed by atoms with E-state index < -0.39 is 8.07 Å². The van der Waals surface area contributed by atoms with Gasteiger partial charge in [-0.05, 0) is 30.7 Å². The van der Waals surface area contributed by atoms with E-state index in [-0.39, 0.29) is 30.5 Å². The molecule has 0 spiro atoms. The van der Waals surface area contributed by atoms with E-state index in [1.165, 1.54) is 12.1 Å². The normalized spacial score (nSPS) is 18.4.